The van der Waals surface area contributed by atoms with Crippen molar-refractivity contribution in [2.45, 2.75) is 39.2 Å². The molecule has 2 aliphatic rings. The molecule has 0 spiro atoms. The summed E-state index contributed by atoms with van der Waals surface area (Å²) in [5.74, 6) is 0.895. The highest BCUT2D eigenvalue weighted by molar-refractivity contribution is 4.97. The Morgan fingerprint density at radius 2 is 2.04 bits per heavy atom. The van der Waals surface area contributed by atoms with Crippen molar-refractivity contribution < 1.29 is 0 Å². The quantitative estimate of drug-likeness (QED) is 0.825. The molecule has 23 heavy (non-hydrogen) atoms. The summed E-state index contributed by atoms with van der Waals surface area (Å²) in [7, 11) is 0. The molecule has 130 valence electrons. The molecule has 5 nitrogen and oxygen atoms in total. The summed E-state index contributed by atoms with van der Waals surface area (Å²) in [5.41, 5.74) is 1.25. The second-order valence-electron chi connectivity index (χ2n) is 7.13. The fourth-order valence-corrected chi connectivity index (χ4v) is 3.87. The van der Waals surface area contributed by atoms with Gasteiger partial charge in [0.2, 0.25) is 0 Å². The van der Waals surface area contributed by atoms with E-state index < -0.39 is 0 Å². The van der Waals surface area contributed by atoms with Gasteiger partial charge in [0.05, 0.1) is 12.0 Å². The van der Waals surface area contributed by atoms with Crippen LogP contribution in [0.5, 0.6) is 0 Å². The molecule has 1 N–H and O–H groups in total. The summed E-state index contributed by atoms with van der Waals surface area (Å²) in [6.45, 7) is 13.0. The number of likely N-dealkylation sites (tertiary alicyclic amines) is 1. The molecule has 2 aliphatic heterocycles. The summed E-state index contributed by atoms with van der Waals surface area (Å²) >= 11 is 0. The van der Waals surface area contributed by atoms with Crippen LogP contribution < -0.4 is 5.32 Å². The molecule has 1 atom stereocenters. The Morgan fingerprint density at radius 1 is 1.17 bits per heavy atom. The van der Waals surface area contributed by atoms with Crippen LogP contribution in [-0.2, 0) is 13.0 Å². The molecule has 0 aliphatic carbocycles. The predicted octanol–water partition coefficient (Wildman–Crippen LogP) is 1.45. The number of hydrogen-bond donors (Lipinski definition) is 1. The SMILES string of the molecule is CCn1cnc(CCN2CCCC(CCN3CCNCC3)C2)c1. The maximum absolute atomic E-state index is 4.51. The third kappa shape index (κ3) is 5.30. The number of aryl methyl sites for hydroxylation is 1. The number of nitrogens with one attached hydrogen (secondary N) is 1. The zero-order chi connectivity index (χ0) is 15.9. The van der Waals surface area contributed by atoms with E-state index in [9.17, 15) is 0 Å². The first-order valence-corrected chi connectivity index (χ1v) is 9.49. The average molecular weight is 319 g/mol. The van der Waals surface area contributed by atoms with Gasteiger partial charge in [0.15, 0.2) is 0 Å². The van der Waals surface area contributed by atoms with Crippen molar-refractivity contribution in [1.82, 2.24) is 24.7 Å². The first-order chi connectivity index (χ1) is 11.3. The topological polar surface area (TPSA) is 36.3 Å². The van der Waals surface area contributed by atoms with Crippen molar-refractivity contribution in [3.05, 3.63) is 18.2 Å². The van der Waals surface area contributed by atoms with Gasteiger partial charge in [0.25, 0.3) is 0 Å². The van der Waals surface area contributed by atoms with Gasteiger partial charge >= 0.3 is 0 Å². The van der Waals surface area contributed by atoms with Crippen molar-refractivity contribution >= 4 is 0 Å². The van der Waals surface area contributed by atoms with Crippen LogP contribution in [-0.4, -0.2) is 71.7 Å². The lowest BCUT2D eigenvalue weighted by atomic mass is 9.94. The Kier molecular flexibility index (Phi) is 6.48. The molecular weight excluding hydrogens is 286 g/mol. The summed E-state index contributed by atoms with van der Waals surface area (Å²) in [4.78, 5) is 9.81. The van der Waals surface area contributed by atoms with E-state index in [1.165, 1.54) is 77.3 Å². The lowest BCUT2D eigenvalue weighted by Crippen LogP contribution is -2.45. The first-order valence-electron chi connectivity index (χ1n) is 9.49. The van der Waals surface area contributed by atoms with Crippen LogP contribution in [0.25, 0.3) is 0 Å². The third-order valence-electron chi connectivity index (χ3n) is 5.40. The second kappa shape index (κ2) is 8.81. The Hall–Kier alpha value is -0.910. The van der Waals surface area contributed by atoms with Gasteiger partial charge < -0.3 is 19.7 Å². The third-order valence-corrected chi connectivity index (χ3v) is 5.40. The first kappa shape index (κ1) is 16.9. The molecule has 3 rings (SSSR count). The lowest BCUT2D eigenvalue weighted by Gasteiger charge is -2.34. The average Bonchev–Trinajstić information content (AvgIpc) is 3.08. The summed E-state index contributed by atoms with van der Waals surface area (Å²) < 4.78 is 2.17. The van der Waals surface area contributed by atoms with Crippen molar-refractivity contribution in [1.29, 1.82) is 0 Å². The zero-order valence-corrected chi connectivity index (χ0v) is 14.7. The van der Waals surface area contributed by atoms with Crippen molar-refractivity contribution in [3.8, 4) is 0 Å². The Labute approximate surface area is 141 Å². The van der Waals surface area contributed by atoms with Gasteiger partial charge in [0.1, 0.15) is 0 Å². The number of piperazine rings is 1. The monoisotopic (exact) mass is 319 g/mol. The molecule has 2 saturated heterocycles. The molecule has 0 aromatic carbocycles. The van der Waals surface area contributed by atoms with Gasteiger partial charge in [-0.3, -0.25) is 0 Å². The number of hydrogen-bond acceptors (Lipinski definition) is 4. The van der Waals surface area contributed by atoms with Crippen molar-refractivity contribution in [2.75, 3.05) is 52.4 Å². The van der Waals surface area contributed by atoms with Gasteiger partial charge in [-0.15, -0.1) is 0 Å². The van der Waals surface area contributed by atoms with E-state index in [1.54, 1.807) is 0 Å². The van der Waals surface area contributed by atoms with Gasteiger partial charge in [-0.2, -0.15) is 0 Å². The van der Waals surface area contributed by atoms with Gasteiger partial charge in [-0.25, -0.2) is 4.98 Å². The van der Waals surface area contributed by atoms with Crippen LogP contribution in [0.2, 0.25) is 0 Å². The predicted molar refractivity (Wildman–Crippen MR) is 94.7 cm³/mol. The molecular formula is C18H33N5. The summed E-state index contributed by atoms with van der Waals surface area (Å²) in [6, 6.07) is 0. The Bertz CT molecular complexity index is 452. The van der Waals surface area contributed by atoms with Crippen LogP contribution in [0.1, 0.15) is 31.9 Å². The van der Waals surface area contributed by atoms with Crippen LogP contribution in [0.15, 0.2) is 12.5 Å². The van der Waals surface area contributed by atoms with Crippen LogP contribution in [0.4, 0.5) is 0 Å². The maximum atomic E-state index is 4.51. The number of rotatable bonds is 7. The highest BCUT2D eigenvalue weighted by Gasteiger charge is 2.21. The Morgan fingerprint density at radius 3 is 2.83 bits per heavy atom. The fraction of sp³-hybridized carbons (Fsp3) is 0.833. The van der Waals surface area contributed by atoms with Gasteiger partial charge in [-0.05, 0) is 45.2 Å². The summed E-state index contributed by atoms with van der Waals surface area (Å²) in [5, 5.41) is 3.44. The molecule has 3 heterocycles. The van der Waals surface area contributed by atoms with E-state index in [4.69, 9.17) is 0 Å². The molecule has 0 saturated carbocycles. The second-order valence-corrected chi connectivity index (χ2v) is 7.13. The minimum atomic E-state index is 0.895. The summed E-state index contributed by atoms with van der Waals surface area (Å²) in [6.07, 6.45) is 9.43. The van der Waals surface area contributed by atoms with Crippen molar-refractivity contribution in [3.63, 3.8) is 0 Å². The smallest absolute Gasteiger partial charge is 0.0949 e. The van der Waals surface area contributed by atoms with E-state index >= 15 is 0 Å². The Balaban J connectivity index is 1.37. The van der Waals surface area contributed by atoms with Crippen LogP contribution in [0.3, 0.4) is 0 Å². The minimum absolute atomic E-state index is 0.895. The van der Waals surface area contributed by atoms with Crippen LogP contribution in [0, 0.1) is 5.92 Å². The minimum Gasteiger partial charge on any atom is -0.337 e. The number of imidazole rings is 1. The normalized spacial score (nSPS) is 24.1. The standard InChI is InChI=1S/C18H33N5/c1-2-21-15-18(20-16-21)6-11-23-9-3-4-17(14-23)5-10-22-12-7-19-8-13-22/h15-17,19H,2-14H2,1H3. The number of piperidine rings is 1. The molecule has 0 bridgehead atoms. The molecule has 0 amide bonds. The van der Waals surface area contributed by atoms with E-state index in [-0.39, 0.29) is 0 Å². The van der Waals surface area contributed by atoms with E-state index in [0.29, 0.717) is 0 Å². The highest BCUT2D eigenvalue weighted by atomic mass is 15.2. The molecule has 5 heteroatoms. The van der Waals surface area contributed by atoms with E-state index in [0.717, 1.165) is 18.9 Å². The molecule has 2 fully saturated rings. The highest BCUT2D eigenvalue weighted by Crippen LogP contribution is 2.20. The molecule has 1 aromatic rings. The zero-order valence-electron chi connectivity index (χ0n) is 14.7. The lowest BCUT2D eigenvalue weighted by molar-refractivity contribution is 0.150. The van der Waals surface area contributed by atoms with Gasteiger partial charge in [0, 0.05) is 58.4 Å². The van der Waals surface area contributed by atoms with Crippen molar-refractivity contribution in [2.24, 2.45) is 5.92 Å². The largest absolute Gasteiger partial charge is 0.337 e. The fourth-order valence-electron chi connectivity index (χ4n) is 3.87. The maximum Gasteiger partial charge on any atom is 0.0949 e. The molecule has 1 unspecified atom stereocenters. The van der Waals surface area contributed by atoms with Gasteiger partial charge in [-0.1, -0.05) is 0 Å². The number of aromatic nitrogens is 2. The van der Waals surface area contributed by atoms with Crippen LogP contribution >= 0.6 is 0 Å². The number of nitrogens with zero attached hydrogens (tertiary/aromatic N) is 4. The van der Waals surface area contributed by atoms with E-state index in [1.807, 2.05) is 6.33 Å². The van der Waals surface area contributed by atoms with E-state index in [2.05, 4.69) is 37.8 Å². The molecule has 0 radical (unpaired) electrons. The molecule has 1 aromatic heterocycles.